The highest BCUT2D eigenvalue weighted by Gasteiger charge is 2.39. The van der Waals surface area contributed by atoms with Crippen molar-refractivity contribution in [2.45, 2.75) is 45.1 Å². The summed E-state index contributed by atoms with van der Waals surface area (Å²) in [5, 5.41) is 26.8. The third-order valence-corrected chi connectivity index (χ3v) is 2.69. The third kappa shape index (κ3) is 3.65. The zero-order valence-corrected chi connectivity index (χ0v) is 12.0. The van der Waals surface area contributed by atoms with Gasteiger partial charge < -0.3 is 9.84 Å². The standard InChI is InChI=1S/C13H16N4O4/c1-13(2,3)20-12(19)17-10(5-11(18)21-17)8-4-9(6-14)16-15-7-8/h4,7,10-11,18H,5H2,1-3H3/t10-,11?/m0/s1. The van der Waals surface area contributed by atoms with Crippen LogP contribution in [0.3, 0.4) is 0 Å². The Morgan fingerprint density at radius 2 is 2.33 bits per heavy atom. The molecule has 0 bridgehead atoms. The van der Waals surface area contributed by atoms with Gasteiger partial charge in [0.1, 0.15) is 11.7 Å². The Morgan fingerprint density at radius 3 is 2.95 bits per heavy atom. The van der Waals surface area contributed by atoms with Crippen LogP contribution in [-0.2, 0) is 9.57 Å². The van der Waals surface area contributed by atoms with Gasteiger partial charge in [-0.25, -0.2) is 9.63 Å². The second-order valence-corrected chi connectivity index (χ2v) is 5.60. The first-order valence-corrected chi connectivity index (χ1v) is 6.40. The number of aliphatic hydroxyl groups is 1. The van der Waals surface area contributed by atoms with Crippen molar-refractivity contribution in [3.05, 3.63) is 23.5 Å². The smallest absolute Gasteiger partial charge is 0.435 e. The number of rotatable bonds is 1. The van der Waals surface area contributed by atoms with E-state index in [-0.39, 0.29) is 12.1 Å². The number of aromatic nitrogens is 2. The Morgan fingerprint density at radius 1 is 1.62 bits per heavy atom. The second kappa shape index (κ2) is 5.63. The van der Waals surface area contributed by atoms with Gasteiger partial charge in [-0.2, -0.15) is 15.4 Å². The Labute approximate surface area is 121 Å². The Kier molecular flexibility index (Phi) is 4.06. The van der Waals surface area contributed by atoms with E-state index in [9.17, 15) is 9.90 Å². The number of carbonyl (C=O) groups is 1. The van der Waals surface area contributed by atoms with Crippen LogP contribution >= 0.6 is 0 Å². The predicted octanol–water partition coefficient (Wildman–Crippen LogP) is 1.28. The molecule has 1 saturated heterocycles. The van der Waals surface area contributed by atoms with Crippen LogP contribution in [-0.4, -0.2) is 38.4 Å². The summed E-state index contributed by atoms with van der Waals surface area (Å²) < 4.78 is 5.23. The summed E-state index contributed by atoms with van der Waals surface area (Å²) in [6.45, 7) is 5.19. The molecule has 2 heterocycles. The van der Waals surface area contributed by atoms with E-state index >= 15 is 0 Å². The number of amides is 1. The van der Waals surface area contributed by atoms with Crippen LogP contribution in [0.1, 0.15) is 44.5 Å². The van der Waals surface area contributed by atoms with E-state index in [1.54, 1.807) is 20.8 Å². The van der Waals surface area contributed by atoms with E-state index in [0.717, 1.165) is 5.06 Å². The molecule has 1 aromatic rings. The lowest BCUT2D eigenvalue weighted by atomic mass is 10.1. The number of ether oxygens (including phenoxy) is 1. The van der Waals surface area contributed by atoms with Crippen molar-refractivity contribution in [3.63, 3.8) is 0 Å². The maximum absolute atomic E-state index is 12.1. The van der Waals surface area contributed by atoms with E-state index < -0.39 is 24.0 Å². The number of aliphatic hydroxyl groups excluding tert-OH is 1. The van der Waals surface area contributed by atoms with Gasteiger partial charge in [0.2, 0.25) is 0 Å². The molecule has 2 atom stereocenters. The molecule has 0 saturated carbocycles. The number of nitriles is 1. The van der Waals surface area contributed by atoms with Crippen molar-refractivity contribution in [3.8, 4) is 6.07 Å². The molecule has 0 aliphatic carbocycles. The lowest BCUT2D eigenvalue weighted by Gasteiger charge is -2.26. The first kappa shape index (κ1) is 15.2. The highest BCUT2D eigenvalue weighted by atomic mass is 16.8. The second-order valence-electron chi connectivity index (χ2n) is 5.60. The maximum Gasteiger partial charge on any atom is 0.435 e. The summed E-state index contributed by atoms with van der Waals surface area (Å²) in [6.07, 6.45) is -0.249. The molecule has 1 aliphatic rings. The minimum absolute atomic E-state index is 0.123. The van der Waals surface area contributed by atoms with Crippen LogP contribution in [0.15, 0.2) is 12.3 Å². The quantitative estimate of drug-likeness (QED) is 0.830. The van der Waals surface area contributed by atoms with E-state index in [0.29, 0.717) is 5.56 Å². The maximum atomic E-state index is 12.1. The van der Waals surface area contributed by atoms with Crippen LogP contribution in [0.25, 0.3) is 0 Å². The van der Waals surface area contributed by atoms with E-state index in [1.807, 2.05) is 6.07 Å². The summed E-state index contributed by atoms with van der Waals surface area (Å²) in [5.74, 6) is 0. The molecule has 0 radical (unpaired) electrons. The topological polar surface area (TPSA) is 109 Å². The molecule has 8 heteroatoms. The molecule has 1 fully saturated rings. The number of carbonyl (C=O) groups excluding carboxylic acids is 1. The third-order valence-electron chi connectivity index (χ3n) is 2.69. The number of hydroxylamine groups is 2. The van der Waals surface area contributed by atoms with Gasteiger partial charge >= 0.3 is 6.09 Å². The molecule has 0 aromatic carbocycles. The largest absolute Gasteiger partial charge is 0.442 e. The van der Waals surface area contributed by atoms with Gasteiger partial charge in [0, 0.05) is 12.0 Å². The Bertz CT molecular complexity index is 578. The van der Waals surface area contributed by atoms with Crippen LogP contribution < -0.4 is 0 Å². The van der Waals surface area contributed by atoms with Crippen molar-refractivity contribution in [1.82, 2.24) is 15.3 Å². The molecule has 1 amide bonds. The van der Waals surface area contributed by atoms with Gasteiger partial charge in [-0.05, 0) is 26.8 Å². The molecule has 1 N–H and O–H groups in total. The fraction of sp³-hybridized carbons (Fsp3) is 0.538. The van der Waals surface area contributed by atoms with Gasteiger partial charge in [-0.3, -0.25) is 0 Å². The number of hydrogen-bond donors (Lipinski definition) is 1. The summed E-state index contributed by atoms with van der Waals surface area (Å²) in [6, 6.07) is 2.78. The fourth-order valence-corrected chi connectivity index (χ4v) is 1.90. The monoisotopic (exact) mass is 292 g/mol. The minimum Gasteiger partial charge on any atom is -0.442 e. The highest BCUT2D eigenvalue weighted by molar-refractivity contribution is 5.67. The highest BCUT2D eigenvalue weighted by Crippen LogP contribution is 2.34. The van der Waals surface area contributed by atoms with Crippen LogP contribution in [0.2, 0.25) is 0 Å². The van der Waals surface area contributed by atoms with Gasteiger partial charge in [0.25, 0.3) is 0 Å². The summed E-state index contributed by atoms with van der Waals surface area (Å²) >= 11 is 0. The molecule has 1 unspecified atom stereocenters. The fourth-order valence-electron chi connectivity index (χ4n) is 1.90. The van der Waals surface area contributed by atoms with Crippen LogP contribution in [0, 0.1) is 11.3 Å². The number of hydrogen-bond acceptors (Lipinski definition) is 7. The van der Waals surface area contributed by atoms with Crippen LogP contribution in [0.5, 0.6) is 0 Å². The first-order valence-electron chi connectivity index (χ1n) is 6.40. The zero-order valence-electron chi connectivity index (χ0n) is 12.0. The molecule has 1 aliphatic heterocycles. The zero-order chi connectivity index (χ0) is 15.6. The van der Waals surface area contributed by atoms with Crippen molar-refractivity contribution >= 4 is 6.09 Å². The predicted molar refractivity (Wildman–Crippen MR) is 69.3 cm³/mol. The molecular weight excluding hydrogens is 276 g/mol. The van der Waals surface area contributed by atoms with Crippen molar-refractivity contribution in [2.75, 3.05) is 0 Å². The van der Waals surface area contributed by atoms with Gasteiger partial charge in [0.05, 0.1) is 12.2 Å². The SMILES string of the molecule is CC(C)(C)OC(=O)N1OC(O)C[C@H]1c1cnnc(C#N)c1. The van der Waals surface area contributed by atoms with Crippen molar-refractivity contribution in [1.29, 1.82) is 5.26 Å². The van der Waals surface area contributed by atoms with Gasteiger partial charge in [0.15, 0.2) is 12.0 Å². The molecule has 0 spiro atoms. The first-order chi connectivity index (χ1) is 9.80. The lowest BCUT2D eigenvalue weighted by molar-refractivity contribution is -0.207. The van der Waals surface area contributed by atoms with Crippen molar-refractivity contribution < 1.29 is 19.5 Å². The molecule has 1 aromatic heterocycles. The molecule has 112 valence electrons. The molecular formula is C13H16N4O4. The van der Waals surface area contributed by atoms with E-state index in [2.05, 4.69) is 10.2 Å². The summed E-state index contributed by atoms with van der Waals surface area (Å²) in [7, 11) is 0. The lowest BCUT2D eigenvalue weighted by Crippen LogP contribution is -2.36. The van der Waals surface area contributed by atoms with Gasteiger partial charge in [-0.1, -0.05) is 0 Å². The van der Waals surface area contributed by atoms with E-state index in [4.69, 9.17) is 14.8 Å². The van der Waals surface area contributed by atoms with E-state index in [1.165, 1.54) is 12.3 Å². The summed E-state index contributed by atoms with van der Waals surface area (Å²) in [4.78, 5) is 17.2. The normalized spacial score (nSPS) is 22.0. The van der Waals surface area contributed by atoms with Crippen LogP contribution in [0.4, 0.5) is 4.79 Å². The number of nitrogens with zero attached hydrogens (tertiary/aromatic N) is 4. The van der Waals surface area contributed by atoms with Gasteiger partial charge in [-0.15, -0.1) is 5.10 Å². The molecule has 8 nitrogen and oxygen atoms in total. The molecule has 21 heavy (non-hydrogen) atoms. The summed E-state index contributed by atoms with van der Waals surface area (Å²) in [5.41, 5.74) is -0.0191. The Hall–Kier alpha value is -2.24. The average Bonchev–Trinajstić information content (AvgIpc) is 2.79. The van der Waals surface area contributed by atoms with Crippen molar-refractivity contribution in [2.24, 2.45) is 0 Å². The molecule has 2 rings (SSSR count). The average molecular weight is 292 g/mol. The Balaban J connectivity index is 2.24. The minimum atomic E-state index is -1.12.